The minimum Gasteiger partial charge on any atom is -0.366 e. The lowest BCUT2D eigenvalue weighted by Gasteiger charge is -2.40. The van der Waals surface area contributed by atoms with Gasteiger partial charge in [-0.1, -0.05) is 6.07 Å². The predicted molar refractivity (Wildman–Crippen MR) is 68.2 cm³/mol. The molecule has 2 fully saturated rings. The first-order chi connectivity index (χ1) is 9.05. The van der Waals surface area contributed by atoms with Crippen molar-refractivity contribution in [2.75, 3.05) is 18.0 Å². The molecule has 19 heavy (non-hydrogen) atoms. The number of nitrogens with one attached hydrogen (secondary N) is 1. The molecule has 2 atom stereocenters. The van der Waals surface area contributed by atoms with Crippen LogP contribution in [-0.4, -0.2) is 25.2 Å². The highest BCUT2D eigenvalue weighted by molar-refractivity contribution is 5.51. The largest absolute Gasteiger partial charge is 0.416 e. The molecule has 0 bridgehead atoms. The Labute approximate surface area is 110 Å². The molecule has 1 saturated heterocycles. The van der Waals surface area contributed by atoms with Crippen LogP contribution >= 0.6 is 0 Å². The molecular formula is C14H17F3N2. The van der Waals surface area contributed by atoms with Crippen LogP contribution in [0.25, 0.3) is 0 Å². The van der Waals surface area contributed by atoms with Crippen LogP contribution in [0.4, 0.5) is 18.9 Å². The van der Waals surface area contributed by atoms with Crippen molar-refractivity contribution in [2.24, 2.45) is 0 Å². The summed E-state index contributed by atoms with van der Waals surface area (Å²) < 4.78 is 38.3. The van der Waals surface area contributed by atoms with E-state index < -0.39 is 11.7 Å². The van der Waals surface area contributed by atoms with Crippen LogP contribution in [0.5, 0.6) is 0 Å². The van der Waals surface area contributed by atoms with Crippen molar-refractivity contribution in [2.45, 2.75) is 37.5 Å². The van der Waals surface area contributed by atoms with Gasteiger partial charge in [0.15, 0.2) is 0 Å². The zero-order chi connectivity index (χ0) is 13.5. The van der Waals surface area contributed by atoms with E-state index in [-0.39, 0.29) is 0 Å². The molecule has 5 heteroatoms. The number of anilines is 1. The van der Waals surface area contributed by atoms with Crippen LogP contribution < -0.4 is 10.2 Å². The average molecular weight is 270 g/mol. The molecule has 1 heterocycles. The van der Waals surface area contributed by atoms with Crippen molar-refractivity contribution in [3.8, 4) is 0 Å². The summed E-state index contributed by atoms with van der Waals surface area (Å²) in [7, 11) is 0. The Balaban J connectivity index is 1.89. The van der Waals surface area contributed by atoms with Gasteiger partial charge in [0.05, 0.1) is 5.56 Å². The fraction of sp³-hybridized carbons (Fsp3) is 0.571. The molecule has 0 amide bonds. The van der Waals surface area contributed by atoms with Gasteiger partial charge in [-0.05, 0) is 37.5 Å². The summed E-state index contributed by atoms with van der Waals surface area (Å²) in [6.07, 6.45) is -0.926. The monoisotopic (exact) mass is 270 g/mol. The summed E-state index contributed by atoms with van der Waals surface area (Å²) in [5, 5.41) is 3.46. The molecule has 0 unspecified atom stereocenters. The number of halogens is 3. The number of rotatable bonds is 1. The van der Waals surface area contributed by atoms with Gasteiger partial charge in [0.2, 0.25) is 0 Å². The molecule has 1 aliphatic carbocycles. The quantitative estimate of drug-likeness (QED) is 0.844. The van der Waals surface area contributed by atoms with E-state index >= 15 is 0 Å². The maximum Gasteiger partial charge on any atom is 0.416 e. The van der Waals surface area contributed by atoms with Crippen molar-refractivity contribution in [1.29, 1.82) is 0 Å². The van der Waals surface area contributed by atoms with Crippen LogP contribution in [0.1, 0.15) is 24.8 Å². The van der Waals surface area contributed by atoms with Crippen molar-refractivity contribution in [3.05, 3.63) is 29.8 Å². The van der Waals surface area contributed by atoms with Crippen LogP contribution in [0.2, 0.25) is 0 Å². The Morgan fingerprint density at radius 2 is 2.05 bits per heavy atom. The standard InChI is InChI=1S/C14H17F3N2/c15-14(16,17)10-3-1-4-11(9-10)19-8-7-18-12-5-2-6-13(12)19/h1,3-4,9,12-13,18H,2,5-8H2/t12-,13+/m0/s1. The van der Waals surface area contributed by atoms with E-state index in [1.807, 2.05) is 0 Å². The van der Waals surface area contributed by atoms with E-state index in [4.69, 9.17) is 0 Å². The molecule has 0 spiro atoms. The first kappa shape index (κ1) is 12.8. The van der Waals surface area contributed by atoms with Crippen LogP contribution in [0.3, 0.4) is 0 Å². The van der Waals surface area contributed by atoms with E-state index in [1.165, 1.54) is 12.1 Å². The van der Waals surface area contributed by atoms with Gasteiger partial charge in [0, 0.05) is 30.9 Å². The minimum absolute atomic E-state index is 0.345. The maximum atomic E-state index is 12.8. The highest BCUT2D eigenvalue weighted by atomic mass is 19.4. The van der Waals surface area contributed by atoms with Gasteiger partial charge in [0.1, 0.15) is 0 Å². The maximum absolute atomic E-state index is 12.8. The van der Waals surface area contributed by atoms with Crippen molar-refractivity contribution in [3.63, 3.8) is 0 Å². The molecule has 0 radical (unpaired) electrons. The molecule has 104 valence electrons. The van der Waals surface area contributed by atoms with Crippen LogP contribution in [0.15, 0.2) is 24.3 Å². The zero-order valence-corrected chi connectivity index (χ0v) is 10.6. The molecule has 1 aromatic rings. The van der Waals surface area contributed by atoms with Gasteiger partial charge in [-0.2, -0.15) is 13.2 Å². The third-order valence-electron chi connectivity index (χ3n) is 4.14. The average Bonchev–Trinajstić information content (AvgIpc) is 2.86. The molecular weight excluding hydrogens is 253 g/mol. The van der Waals surface area contributed by atoms with E-state index in [2.05, 4.69) is 10.2 Å². The smallest absolute Gasteiger partial charge is 0.366 e. The summed E-state index contributed by atoms with van der Waals surface area (Å²) in [5.41, 5.74) is 0.145. The molecule has 1 aromatic carbocycles. The Bertz CT molecular complexity index is 458. The van der Waals surface area contributed by atoms with Gasteiger partial charge in [-0.15, -0.1) is 0 Å². The van der Waals surface area contributed by atoms with Crippen LogP contribution in [-0.2, 0) is 6.18 Å². The van der Waals surface area contributed by atoms with Gasteiger partial charge in [-0.25, -0.2) is 0 Å². The lowest BCUT2D eigenvalue weighted by atomic mass is 10.1. The Hall–Kier alpha value is -1.23. The van der Waals surface area contributed by atoms with Crippen molar-refractivity contribution in [1.82, 2.24) is 5.32 Å². The number of benzene rings is 1. The highest BCUT2D eigenvalue weighted by Crippen LogP contribution is 2.35. The molecule has 2 nitrogen and oxygen atoms in total. The first-order valence-corrected chi connectivity index (χ1v) is 6.73. The van der Waals surface area contributed by atoms with Crippen molar-refractivity contribution >= 4 is 5.69 Å². The van der Waals surface area contributed by atoms with Gasteiger partial charge in [0.25, 0.3) is 0 Å². The normalized spacial score (nSPS) is 27.4. The highest BCUT2D eigenvalue weighted by Gasteiger charge is 2.36. The van der Waals surface area contributed by atoms with Crippen LogP contribution in [0, 0.1) is 0 Å². The molecule has 2 aliphatic rings. The van der Waals surface area contributed by atoms with E-state index in [9.17, 15) is 13.2 Å². The lowest BCUT2D eigenvalue weighted by molar-refractivity contribution is -0.137. The second-order valence-electron chi connectivity index (χ2n) is 5.30. The van der Waals surface area contributed by atoms with E-state index in [0.717, 1.165) is 38.4 Å². The topological polar surface area (TPSA) is 15.3 Å². The number of piperazine rings is 1. The third-order valence-corrected chi connectivity index (χ3v) is 4.14. The summed E-state index contributed by atoms with van der Waals surface area (Å²) in [5.74, 6) is 0. The molecule has 3 rings (SSSR count). The summed E-state index contributed by atoms with van der Waals surface area (Å²) in [4.78, 5) is 2.14. The fourth-order valence-electron chi connectivity index (χ4n) is 3.27. The third kappa shape index (κ3) is 2.43. The molecule has 0 aromatic heterocycles. The molecule has 1 saturated carbocycles. The summed E-state index contributed by atoms with van der Waals surface area (Å²) >= 11 is 0. The number of fused-ring (bicyclic) bond motifs is 1. The molecule has 1 aliphatic heterocycles. The first-order valence-electron chi connectivity index (χ1n) is 6.73. The zero-order valence-electron chi connectivity index (χ0n) is 10.6. The fourth-order valence-corrected chi connectivity index (χ4v) is 3.27. The Morgan fingerprint density at radius 3 is 2.84 bits per heavy atom. The Morgan fingerprint density at radius 1 is 1.21 bits per heavy atom. The summed E-state index contributed by atoms with van der Waals surface area (Å²) in [6.45, 7) is 1.62. The number of nitrogens with zero attached hydrogens (tertiary/aromatic N) is 1. The van der Waals surface area contributed by atoms with Gasteiger partial charge in [-0.3, -0.25) is 0 Å². The number of hydrogen-bond acceptors (Lipinski definition) is 2. The molecule has 1 N–H and O–H groups in total. The minimum atomic E-state index is -4.26. The Kier molecular flexibility index (Phi) is 3.17. The van der Waals surface area contributed by atoms with Gasteiger partial charge >= 0.3 is 6.18 Å². The predicted octanol–water partition coefficient (Wildman–Crippen LogP) is 3.04. The second kappa shape index (κ2) is 4.71. The van der Waals surface area contributed by atoms with Crippen molar-refractivity contribution < 1.29 is 13.2 Å². The number of alkyl halides is 3. The SMILES string of the molecule is FC(F)(F)c1cccc(N2CCN[C@H]3CCC[C@H]32)c1. The lowest BCUT2D eigenvalue weighted by Crippen LogP contribution is -2.55. The summed E-state index contributed by atoms with van der Waals surface area (Å²) in [6, 6.07) is 6.49. The van der Waals surface area contributed by atoms with E-state index in [0.29, 0.717) is 17.8 Å². The second-order valence-corrected chi connectivity index (χ2v) is 5.30. The van der Waals surface area contributed by atoms with E-state index in [1.54, 1.807) is 6.07 Å². The van der Waals surface area contributed by atoms with Gasteiger partial charge < -0.3 is 10.2 Å². The number of hydrogen-bond donors (Lipinski definition) is 1.